The lowest BCUT2D eigenvalue weighted by molar-refractivity contribution is 0.0663. The number of carboxylic acid groups (broad SMARTS) is 1. The van der Waals surface area contributed by atoms with E-state index in [1.54, 1.807) is 6.07 Å². The van der Waals surface area contributed by atoms with E-state index in [1.165, 1.54) is 31.7 Å². The van der Waals surface area contributed by atoms with Crippen LogP contribution in [0, 0.1) is 17.8 Å². The second kappa shape index (κ2) is 4.09. The fourth-order valence-electron chi connectivity index (χ4n) is 3.41. The number of carbonyl (C=O) groups is 1. The number of nitrogens with one attached hydrogen (secondary N) is 1. The molecule has 0 amide bonds. The highest BCUT2D eigenvalue weighted by molar-refractivity contribution is 5.84. The summed E-state index contributed by atoms with van der Waals surface area (Å²) in [6, 6.07) is 3.18. The number of fused-ring (bicyclic) bond motifs is 2. The minimum absolute atomic E-state index is 0.000410. The molecule has 1 aromatic heterocycles. The first-order chi connectivity index (χ1) is 8.22. The zero-order valence-corrected chi connectivity index (χ0v) is 9.69. The third-order valence-corrected chi connectivity index (χ3v) is 4.24. The maximum absolute atomic E-state index is 10.7. The van der Waals surface area contributed by atoms with Crippen molar-refractivity contribution in [3.63, 3.8) is 0 Å². The average Bonchev–Trinajstić information content (AvgIpc) is 3.02. The van der Waals surface area contributed by atoms with E-state index >= 15 is 0 Å². The Bertz CT molecular complexity index is 426. The molecule has 92 valence electrons. The number of carboxylic acids is 1. The Morgan fingerprint density at radius 1 is 1.41 bits per heavy atom. The zero-order valence-electron chi connectivity index (χ0n) is 9.69. The maximum atomic E-state index is 10.7. The van der Waals surface area contributed by atoms with E-state index in [2.05, 4.69) is 5.32 Å². The lowest BCUT2D eigenvalue weighted by atomic mass is 9.89. The van der Waals surface area contributed by atoms with Crippen LogP contribution in [0.2, 0.25) is 0 Å². The van der Waals surface area contributed by atoms with E-state index in [0.29, 0.717) is 5.88 Å². The number of hydrogen-bond acceptors (Lipinski definition) is 3. The summed E-state index contributed by atoms with van der Waals surface area (Å²) in [4.78, 5) is 10.7. The second-order valence-electron chi connectivity index (χ2n) is 5.28. The van der Waals surface area contributed by atoms with Crippen molar-refractivity contribution < 1.29 is 14.3 Å². The zero-order chi connectivity index (χ0) is 11.8. The van der Waals surface area contributed by atoms with Crippen LogP contribution in [0.1, 0.15) is 36.2 Å². The van der Waals surface area contributed by atoms with Crippen LogP contribution in [0.25, 0.3) is 0 Å². The molecule has 1 heterocycles. The summed E-state index contributed by atoms with van der Waals surface area (Å²) in [6.45, 7) is 0.910. The normalized spacial score (nSPS) is 30.7. The van der Waals surface area contributed by atoms with Gasteiger partial charge in [0.15, 0.2) is 5.88 Å². The van der Waals surface area contributed by atoms with E-state index in [1.807, 2.05) is 0 Å². The van der Waals surface area contributed by atoms with Gasteiger partial charge >= 0.3 is 5.97 Å². The molecular formula is C13H17NO3. The van der Waals surface area contributed by atoms with Gasteiger partial charge in [0.25, 0.3) is 0 Å². The molecular weight excluding hydrogens is 218 g/mol. The number of rotatable bonds is 4. The van der Waals surface area contributed by atoms with Gasteiger partial charge in [0.2, 0.25) is 5.76 Å². The number of anilines is 1. The molecule has 0 saturated heterocycles. The Balaban J connectivity index is 1.55. The largest absolute Gasteiger partial charge is 0.475 e. The molecule has 2 bridgehead atoms. The fourth-order valence-corrected chi connectivity index (χ4v) is 3.41. The van der Waals surface area contributed by atoms with Gasteiger partial charge in [-0.05, 0) is 43.1 Å². The van der Waals surface area contributed by atoms with Crippen LogP contribution in [0.4, 0.5) is 5.88 Å². The van der Waals surface area contributed by atoms with Crippen molar-refractivity contribution in [2.24, 2.45) is 17.8 Å². The smallest absolute Gasteiger partial charge is 0.371 e. The standard InChI is InChI=1S/C13H17NO3/c15-13(16)11-3-4-12(17-11)14-7-10-6-8-1-2-9(10)5-8/h3-4,8-10,14H,1-2,5-7H2,(H,15,16). The Hall–Kier alpha value is -1.45. The summed E-state index contributed by atoms with van der Waals surface area (Å²) < 4.78 is 5.17. The lowest BCUT2D eigenvalue weighted by Crippen LogP contribution is -2.19. The third kappa shape index (κ3) is 2.04. The van der Waals surface area contributed by atoms with Crippen LogP contribution in [0.3, 0.4) is 0 Å². The molecule has 0 aromatic carbocycles. The van der Waals surface area contributed by atoms with Crippen LogP contribution < -0.4 is 5.32 Å². The fraction of sp³-hybridized carbons (Fsp3) is 0.615. The van der Waals surface area contributed by atoms with Crippen molar-refractivity contribution >= 4 is 11.9 Å². The monoisotopic (exact) mass is 235 g/mol. The van der Waals surface area contributed by atoms with Crippen molar-refractivity contribution in [1.82, 2.24) is 0 Å². The summed E-state index contributed by atoms with van der Waals surface area (Å²) in [5.74, 6) is 2.12. The molecule has 17 heavy (non-hydrogen) atoms. The predicted octanol–water partition coefficient (Wildman–Crippen LogP) is 2.83. The Morgan fingerprint density at radius 3 is 2.88 bits per heavy atom. The molecule has 3 atom stereocenters. The predicted molar refractivity (Wildman–Crippen MR) is 63.1 cm³/mol. The van der Waals surface area contributed by atoms with Crippen molar-refractivity contribution in [1.29, 1.82) is 0 Å². The first kappa shape index (κ1) is 10.7. The maximum Gasteiger partial charge on any atom is 0.371 e. The minimum atomic E-state index is -1.02. The topological polar surface area (TPSA) is 62.5 Å². The summed E-state index contributed by atoms with van der Waals surface area (Å²) in [6.07, 6.45) is 5.50. The van der Waals surface area contributed by atoms with Crippen molar-refractivity contribution in [3.8, 4) is 0 Å². The highest BCUT2D eigenvalue weighted by Crippen LogP contribution is 2.48. The summed E-state index contributed by atoms with van der Waals surface area (Å²) in [5.41, 5.74) is 0. The summed E-state index contributed by atoms with van der Waals surface area (Å²) in [7, 11) is 0. The molecule has 1 aromatic rings. The highest BCUT2D eigenvalue weighted by Gasteiger charge is 2.39. The van der Waals surface area contributed by atoms with Gasteiger partial charge < -0.3 is 14.8 Å². The molecule has 2 aliphatic rings. The van der Waals surface area contributed by atoms with Gasteiger partial charge in [-0.1, -0.05) is 6.42 Å². The van der Waals surface area contributed by atoms with Gasteiger partial charge in [-0.25, -0.2) is 4.79 Å². The van der Waals surface area contributed by atoms with E-state index in [-0.39, 0.29) is 5.76 Å². The minimum Gasteiger partial charge on any atom is -0.475 e. The molecule has 3 rings (SSSR count). The molecule has 0 aliphatic heterocycles. The Morgan fingerprint density at radius 2 is 2.29 bits per heavy atom. The molecule has 2 fully saturated rings. The van der Waals surface area contributed by atoms with Crippen LogP contribution in [-0.4, -0.2) is 17.6 Å². The molecule has 4 heteroatoms. The van der Waals surface area contributed by atoms with Crippen LogP contribution >= 0.6 is 0 Å². The van der Waals surface area contributed by atoms with E-state index in [0.717, 1.165) is 24.3 Å². The SMILES string of the molecule is O=C(O)c1ccc(NCC2CC3CCC2C3)o1. The van der Waals surface area contributed by atoms with Gasteiger partial charge in [-0.3, -0.25) is 0 Å². The third-order valence-electron chi connectivity index (χ3n) is 4.24. The van der Waals surface area contributed by atoms with E-state index in [9.17, 15) is 4.79 Å². The lowest BCUT2D eigenvalue weighted by Gasteiger charge is -2.21. The van der Waals surface area contributed by atoms with Gasteiger partial charge in [0.1, 0.15) is 0 Å². The molecule has 2 aliphatic carbocycles. The summed E-state index contributed by atoms with van der Waals surface area (Å²) >= 11 is 0. The number of furan rings is 1. The quantitative estimate of drug-likeness (QED) is 0.842. The van der Waals surface area contributed by atoms with E-state index in [4.69, 9.17) is 9.52 Å². The van der Waals surface area contributed by atoms with Crippen molar-refractivity contribution in [2.75, 3.05) is 11.9 Å². The number of hydrogen-bond donors (Lipinski definition) is 2. The van der Waals surface area contributed by atoms with Crippen molar-refractivity contribution in [2.45, 2.75) is 25.7 Å². The number of aromatic carboxylic acids is 1. The first-order valence-electron chi connectivity index (χ1n) is 6.29. The summed E-state index contributed by atoms with van der Waals surface area (Å²) in [5, 5.41) is 12.0. The molecule has 2 saturated carbocycles. The average molecular weight is 235 g/mol. The van der Waals surface area contributed by atoms with E-state index < -0.39 is 5.97 Å². The van der Waals surface area contributed by atoms with Gasteiger partial charge in [0, 0.05) is 12.6 Å². The van der Waals surface area contributed by atoms with Crippen molar-refractivity contribution in [3.05, 3.63) is 17.9 Å². The Labute approximate surface area is 100 Å². The van der Waals surface area contributed by atoms with Crippen LogP contribution in [0.5, 0.6) is 0 Å². The molecule has 3 unspecified atom stereocenters. The Kier molecular flexibility index (Phi) is 2.57. The molecule has 2 N–H and O–H groups in total. The van der Waals surface area contributed by atoms with Gasteiger partial charge in [-0.2, -0.15) is 0 Å². The van der Waals surface area contributed by atoms with Crippen LogP contribution in [-0.2, 0) is 0 Å². The second-order valence-corrected chi connectivity index (χ2v) is 5.28. The first-order valence-corrected chi connectivity index (χ1v) is 6.29. The molecule has 4 nitrogen and oxygen atoms in total. The van der Waals surface area contributed by atoms with Gasteiger partial charge in [-0.15, -0.1) is 0 Å². The van der Waals surface area contributed by atoms with Crippen LogP contribution in [0.15, 0.2) is 16.5 Å². The van der Waals surface area contributed by atoms with Gasteiger partial charge in [0.05, 0.1) is 0 Å². The molecule has 0 radical (unpaired) electrons. The molecule has 0 spiro atoms. The highest BCUT2D eigenvalue weighted by atomic mass is 16.4.